The van der Waals surface area contributed by atoms with Crippen LogP contribution in [0.2, 0.25) is 0 Å². The van der Waals surface area contributed by atoms with Gasteiger partial charge in [0.25, 0.3) is 0 Å². The minimum absolute atomic E-state index is 0. The van der Waals surface area contributed by atoms with Crippen LogP contribution in [0, 0.1) is 0 Å². The number of fused-ring (bicyclic) bond motifs is 1. The lowest BCUT2D eigenvalue weighted by atomic mass is 10.1. The van der Waals surface area contributed by atoms with Crippen LogP contribution >= 0.6 is 12.4 Å². The molecule has 0 fully saturated rings. The second-order valence-corrected chi connectivity index (χ2v) is 5.55. The lowest BCUT2D eigenvalue weighted by Gasteiger charge is -2.06. The number of hydrogen-bond acceptors (Lipinski definition) is 4. The number of benzene rings is 1. The first kappa shape index (κ1) is 20.9. The van der Waals surface area contributed by atoms with Crippen molar-refractivity contribution in [3.05, 3.63) is 42.5 Å². The third-order valence-electron chi connectivity index (χ3n) is 3.61. The third-order valence-corrected chi connectivity index (χ3v) is 3.61. The number of hydrogen-bond donors (Lipinski definition) is 1. The van der Waals surface area contributed by atoms with Crippen molar-refractivity contribution in [3.63, 3.8) is 0 Å². The van der Waals surface area contributed by atoms with Crippen molar-refractivity contribution in [2.75, 3.05) is 13.4 Å². The van der Waals surface area contributed by atoms with Gasteiger partial charge in [-0.3, -0.25) is 0 Å². The smallest absolute Gasteiger partial charge is 0.328 e. The largest absolute Gasteiger partial charge is 0.493 e. The highest BCUT2D eigenvalue weighted by molar-refractivity contribution is 5.85. The van der Waals surface area contributed by atoms with Crippen molar-refractivity contribution < 1.29 is 24.1 Å². The topological polar surface area (TPSA) is 65.0 Å². The molecule has 0 aromatic heterocycles. The zero-order valence-corrected chi connectivity index (χ0v) is 15.0. The molecule has 0 aliphatic carbocycles. The zero-order chi connectivity index (χ0) is 17.0. The Morgan fingerprint density at radius 1 is 1.08 bits per heavy atom. The van der Waals surface area contributed by atoms with Crippen molar-refractivity contribution in [1.82, 2.24) is 0 Å². The van der Waals surface area contributed by atoms with E-state index in [2.05, 4.69) is 0 Å². The highest BCUT2D eigenvalue weighted by Crippen LogP contribution is 2.35. The predicted molar refractivity (Wildman–Crippen MR) is 98.9 cm³/mol. The minimum Gasteiger partial charge on any atom is -0.493 e. The van der Waals surface area contributed by atoms with Crippen molar-refractivity contribution in [2.45, 2.75) is 38.5 Å². The van der Waals surface area contributed by atoms with E-state index in [4.69, 9.17) is 19.3 Å². The van der Waals surface area contributed by atoms with E-state index >= 15 is 0 Å². The minimum atomic E-state index is -0.914. The van der Waals surface area contributed by atoms with Gasteiger partial charge in [0.2, 0.25) is 6.79 Å². The normalized spacial score (nSPS) is 12.5. The molecule has 0 bridgehead atoms. The number of rotatable bonds is 11. The molecule has 0 saturated carbocycles. The summed E-state index contributed by atoms with van der Waals surface area (Å²) in [6.07, 6.45) is 13.1. The van der Waals surface area contributed by atoms with Crippen molar-refractivity contribution in [3.8, 4) is 17.2 Å². The fourth-order valence-corrected chi connectivity index (χ4v) is 2.36. The fourth-order valence-electron chi connectivity index (χ4n) is 2.36. The Labute approximate surface area is 154 Å². The first-order chi connectivity index (χ1) is 11.8. The summed E-state index contributed by atoms with van der Waals surface area (Å²) in [6.45, 7) is 0.989. The quantitative estimate of drug-likeness (QED) is 0.347. The van der Waals surface area contributed by atoms with Gasteiger partial charge in [-0.05, 0) is 31.4 Å². The molecule has 1 heterocycles. The van der Waals surface area contributed by atoms with Gasteiger partial charge in [-0.2, -0.15) is 0 Å². The van der Waals surface area contributed by atoms with Gasteiger partial charge in [0.1, 0.15) is 5.75 Å². The molecule has 1 aliphatic heterocycles. The van der Waals surface area contributed by atoms with Crippen molar-refractivity contribution >= 4 is 18.4 Å². The Bertz CT molecular complexity index is 583. The molecule has 25 heavy (non-hydrogen) atoms. The number of unbranched alkanes of at least 4 members (excludes halogenated alkanes) is 5. The molecule has 1 aliphatic rings. The highest BCUT2D eigenvalue weighted by Gasteiger charge is 2.13. The van der Waals surface area contributed by atoms with Crippen molar-refractivity contribution in [1.29, 1.82) is 0 Å². The molecule has 1 aromatic carbocycles. The average molecular weight is 369 g/mol. The monoisotopic (exact) mass is 368 g/mol. The van der Waals surface area contributed by atoms with Gasteiger partial charge in [-0.1, -0.05) is 37.5 Å². The maximum absolute atomic E-state index is 10.3. The van der Waals surface area contributed by atoms with E-state index in [9.17, 15) is 4.79 Å². The predicted octanol–water partition coefficient (Wildman–Crippen LogP) is 4.75. The number of ether oxygens (including phenoxy) is 3. The van der Waals surface area contributed by atoms with Gasteiger partial charge in [0, 0.05) is 12.1 Å². The summed E-state index contributed by atoms with van der Waals surface area (Å²) < 4.78 is 16.3. The molecule has 2 rings (SSSR count). The van der Waals surface area contributed by atoms with E-state index in [1.807, 2.05) is 24.3 Å². The molecular formula is C19H25ClO5. The molecule has 138 valence electrons. The molecule has 0 amide bonds. The number of aliphatic carboxylic acids is 1. The van der Waals surface area contributed by atoms with Crippen LogP contribution in [0.15, 0.2) is 42.5 Å². The van der Waals surface area contributed by atoms with Crippen molar-refractivity contribution in [2.24, 2.45) is 0 Å². The van der Waals surface area contributed by atoms with Crippen LogP contribution in [-0.4, -0.2) is 24.5 Å². The summed E-state index contributed by atoms with van der Waals surface area (Å²) in [5.41, 5.74) is 0. The highest BCUT2D eigenvalue weighted by atomic mass is 35.5. The standard InChI is InChI=1S/C19H24O5.ClH/c20-19(21)10-8-6-4-2-1-3-5-7-9-13-22-16-11-12-17-18(14-16)24-15-23-17;/h4,6,8,10-12,14H,1-3,5,7,9,13,15H2,(H,20,21);1H. The van der Waals surface area contributed by atoms with Gasteiger partial charge in [0.05, 0.1) is 6.61 Å². The van der Waals surface area contributed by atoms with Crippen LogP contribution in [0.3, 0.4) is 0 Å². The summed E-state index contributed by atoms with van der Waals surface area (Å²) in [5.74, 6) is 1.43. The van der Waals surface area contributed by atoms with Crippen LogP contribution in [0.5, 0.6) is 17.2 Å². The summed E-state index contributed by atoms with van der Waals surface area (Å²) in [5, 5.41) is 8.43. The zero-order valence-electron chi connectivity index (χ0n) is 14.2. The number of halogens is 1. The number of carboxylic acids is 1. The van der Waals surface area contributed by atoms with Gasteiger partial charge in [-0.25, -0.2) is 4.79 Å². The molecule has 0 unspecified atom stereocenters. The van der Waals surface area contributed by atoms with E-state index in [1.54, 1.807) is 12.2 Å². The molecule has 1 N–H and O–H groups in total. The Kier molecular flexibility index (Phi) is 10.2. The Morgan fingerprint density at radius 3 is 2.68 bits per heavy atom. The molecular weight excluding hydrogens is 344 g/mol. The van der Waals surface area contributed by atoms with E-state index in [-0.39, 0.29) is 19.2 Å². The Hall–Kier alpha value is -2.14. The molecule has 0 radical (unpaired) electrons. The van der Waals surface area contributed by atoms with Gasteiger partial charge < -0.3 is 19.3 Å². The SMILES string of the molecule is Cl.O=C(O)C=CC=CCCCCCCCOc1ccc2c(c1)OCO2. The third kappa shape index (κ3) is 8.49. The Morgan fingerprint density at radius 2 is 1.84 bits per heavy atom. The summed E-state index contributed by atoms with van der Waals surface area (Å²) in [6, 6.07) is 5.64. The average Bonchev–Trinajstić information content (AvgIpc) is 3.03. The van der Waals surface area contributed by atoms with Gasteiger partial charge >= 0.3 is 5.97 Å². The summed E-state index contributed by atoms with van der Waals surface area (Å²) in [4.78, 5) is 10.3. The first-order valence-electron chi connectivity index (χ1n) is 8.34. The molecule has 0 atom stereocenters. The van der Waals surface area contributed by atoms with Gasteiger partial charge in [-0.15, -0.1) is 12.4 Å². The summed E-state index contributed by atoms with van der Waals surface area (Å²) >= 11 is 0. The van der Waals surface area contributed by atoms with E-state index in [1.165, 1.54) is 12.8 Å². The number of carboxylic acid groups (broad SMARTS) is 1. The Balaban J connectivity index is 0.00000312. The van der Waals surface area contributed by atoms with Crippen LogP contribution in [0.25, 0.3) is 0 Å². The van der Waals surface area contributed by atoms with Crippen LogP contribution in [0.4, 0.5) is 0 Å². The molecule has 0 spiro atoms. The van der Waals surface area contributed by atoms with E-state index in [0.29, 0.717) is 6.61 Å². The number of carbonyl (C=O) groups is 1. The maximum Gasteiger partial charge on any atom is 0.328 e. The molecule has 6 heteroatoms. The summed E-state index contributed by atoms with van der Waals surface area (Å²) in [7, 11) is 0. The van der Waals surface area contributed by atoms with Gasteiger partial charge in [0.15, 0.2) is 11.5 Å². The molecule has 5 nitrogen and oxygen atoms in total. The second kappa shape index (κ2) is 12.3. The first-order valence-corrected chi connectivity index (χ1v) is 8.34. The lowest BCUT2D eigenvalue weighted by molar-refractivity contribution is -0.131. The van der Waals surface area contributed by atoms with Crippen LogP contribution in [-0.2, 0) is 4.79 Å². The molecule has 1 aromatic rings. The van der Waals surface area contributed by atoms with E-state index < -0.39 is 5.97 Å². The van der Waals surface area contributed by atoms with Crippen LogP contribution in [0.1, 0.15) is 38.5 Å². The van der Waals surface area contributed by atoms with E-state index in [0.717, 1.165) is 49.0 Å². The second-order valence-electron chi connectivity index (χ2n) is 5.55. The lowest BCUT2D eigenvalue weighted by Crippen LogP contribution is -1.97. The molecule has 0 saturated heterocycles. The number of allylic oxidation sites excluding steroid dienone is 3. The maximum atomic E-state index is 10.3. The van der Waals surface area contributed by atoms with Crippen LogP contribution < -0.4 is 14.2 Å². The fraction of sp³-hybridized carbons (Fsp3) is 0.421.